The first kappa shape index (κ1) is 42.4. The summed E-state index contributed by atoms with van der Waals surface area (Å²) in [4.78, 5) is 61.9. The number of benzene rings is 3. The van der Waals surface area contributed by atoms with Crippen molar-refractivity contribution in [3.05, 3.63) is 93.5 Å². The molecular formula is C46H59FN10O4. The average molecular weight is 835 g/mol. The van der Waals surface area contributed by atoms with Crippen LogP contribution in [0.15, 0.2) is 65.5 Å². The Labute approximate surface area is 357 Å². The summed E-state index contributed by atoms with van der Waals surface area (Å²) in [6.45, 7) is 11.5. The van der Waals surface area contributed by atoms with Crippen LogP contribution in [0.5, 0.6) is 0 Å². The minimum absolute atomic E-state index is 0.0604. The van der Waals surface area contributed by atoms with Gasteiger partial charge in [0, 0.05) is 101 Å². The summed E-state index contributed by atoms with van der Waals surface area (Å²) >= 11 is 0. The Morgan fingerprint density at radius 2 is 1.62 bits per heavy atom. The number of unbranched alkanes of at least 4 members (excludes halogenated alkanes) is 3. The molecule has 3 aromatic carbocycles. The number of piperidine rings is 1. The number of aromatic nitrogens is 3. The molecule has 3 atom stereocenters. The van der Waals surface area contributed by atoms with Gasteiger partial charge in [0.1, 0.15) is 17.4 Å². The first-order valence-electron chi connectivity index (χ1n) is 22.0. The lowest BCUT2D eigenvalue weighted by Crippen LogP contribution is -2.54. The number of imide groups is 1. The summed E-state index contributed by atoms with van der Waals surface area (Å²) in [6.07, 6.45) is 4.66. The number of piperazine rings is 1. The number of likely N-dealkylation sites (N-methyl/N-ethyl adjacent to an activating group) is 1. The molecule has 4 aliphatic heterocycles. The smallest absolute Gasteiger partial charge is 0.278 e. The van der Waals surface area contributed by atoms with Crippen LogP contribution in [-0.2, 0) is 20.9 Å². The van der Waals surface area contributed by atoms with Gasteiger partial charge in [0.15, 0.2) is 0 Å². The first-order valence-corrected chi connectivity index (χ1v) is 22.0. The molecule has 1 unspecified atom stereocenters. The van der Waals surface area contributed by atoms with Crippen molar-refractivity contribution in [3.8, 4) is 0 Å². The second-order valence-corrected chi connectivity index (χ2v) is 17.6. The number of hydrogen-bond donors (Lipinski definition) is 2. The van der Waals surface area contributed by atoms with Crippen molar-refractivity contribution in [2.24, 2.45) is 5.92 Å². The molecule has 0 aliphatic carbocycles. The van der Waals surface area contributed by atoms with E-state index in [0.717, 1.165) is 93.0 Å². The van der Waals surface area contributed by atoms with Crippen LogP contribution in [0.3, 0.4) is 0 Å². The Morgan fingerprint density at radius 3 is 2.36 bits per heavy atom. The number of hydrogen-bond acceptors (Lipinski definition) is 11. The maximum absolute atomic E-state index is 14.6. The number of rotatable bonds is 15. The molecule has 4 aromatic rings. The summed E-state index contributed by atoms with van der Waals surface area (Å²) in [6, 6.07) is 19.4. The SMILES string of the molecule is Cc1cccc(F)c1CN1C[C@H](c2ccc(N3CCN(CCCCCCNC(=O)C4CN(c5ccc6nnn(C7CCC(=O)NC7=O)c(=O)c6c5)C4)CC3)cc2)[C@@H](N(C)C)C1. The summed E-state index contributed by atoms with van der Waals surface area (Å²) in [7, 11) is 4.30. The third kappa shape index (κ3) is 9.63. The number of nitrogens with one attached hydrogen (secondary N) is 2. The zero-order valence-electron chi connectivity index (χ0n) is 35.7. The largest absolute Gasteiger partial charge is 0.370 e. The molecule has 3 amide bonds. The van der Waals surface area contributed by atoms with Gasteiger partial charge in [-0.25, -0.2) is 4.39 Å². The first-order chi connectivity index (χ1) is 29.5. The second kappa shape index (κ2) is 18.8. The Kier molecular flexibility index (Phi) is 13.1. The standard InChI is InChI=1S/C46H59FN10O4/c1-31-9-8-10-39(47)37(31)28-54-29-38(42(30-54)52(2)3)32-11-13-34(14-12-32)55-23-21-53(22-24-55)20-7-5-4-6-19-48-44(59)33-26-56(27-33)35-15-16-40-36(25-35)46(61)57(51-50-40)41-17-18-43(58)49-45(41)60/h8-16,25,33,38,41-42H,4-7,17-24,26-30H2,1-3H3,(H,48,59)(H,49,58,60)/t38-,41?,42+/m1/s1. The van der Waals surface area contributed by atoms with Gasteiger partial charge in [-0.15, -0.1) is 5.10 Å². The molecule has 15 heteroatoms. The molecule has 4 fully saturated rings. The molecule has 4 aliphatic rings. The van der Waals surface area contributed by atoms with E-state index in [2.05, 4.69) is 83.8 Å². The molecule has 5 heterocycles. The topological polar surface area (TPSA) is 139 Å². The highest BCUT2D eigenvalue weighted by molar-refractivity contribution is 5.99. The lowest BCUT2D eigenvalue weighted by molar-refractivity contribution is -0.136. The monoisotopic (exact) mass is 834 g/mol. The Morgan fingerprint density at radius 1 is 0.869 bits per heavy atom. The van der Waals surface area contributed by atoms with Gasteiger partial charge >= 0.3 is 0 Å². The van der Waals surface area contributed by atoms with Crippen LogP contribution in [-0.4, -0.2) is 133 Å². The molecule has 0 saturated carbocycles. The van der Waals surface area contributed by atoms with E-state index in [9.17, 15) is 23.6 Å². The van der Waals surface area contributed by atoms with E-state index in [1.165, 1.54) is 11.3 Å². The zero-order chi connectivity index (χ0) is 42.6. The maximum Gasteiger partial charge on any atom is 0.278 e. The maximum atomic E-state index is 14.6. The molecule has 2 N–H and O–H groups in total. The Hall–Kier alpha value is -5.25. The van der Waals surface area contributed by atoms with Crippen LogP contribution in [0.2, 0.25) is 0 Å². The van der Waals surface area contributed by atoms with Gasteiger partial charge < -0.3 is 20.0 Å². The molecule has 0 bridgehead atoms. The number of amides is 3. The van der Waals surface area contributed by atoms with E-state index >= 15 is 0 Å². The van der Waals surface area contributed by atoms with Gasteiger partial charge in [-0.3, -0.25) is 34.3 Å². The van der Waals surface area contributed by atoms with Crippen molar-refractivity contribution < 1.29 is 18.8 Å². The third-order valence-corrected chi connectivity index (χ3v) is 13.3. The van der Waals surface area contributed by atoms with Crippen molar-refractivity contribution in [2.75, 3.05) is 89.3 Å². The van der Waals surface area contributed by atoms with Crippen LogP contribution in [0.25, 0.3) is 10.9 Å². The molecule has 1 aromatic heterocycles. The number of anilines is 2. The molecule has 0 spiro atoms. The number of nitrogens with zero attached hydrogens (tertiary/aromatic N) is 8. The molecular weight excluding hydrogens is 776 g/mol. The number of carbonyl (C=O) groups excluding carboxylic acids is 3. The number of halogens is 1. The Bertz CT molecular complexity index is 2250. The summed E-state index contributed by atoms with van der Waals surface area (Å²) in [5.74, 6) is -0.701. The Balaban J connectivity index is 0.707. The van der Waals surface area contributed by atoms with E-state index in [1.54, 1.807) is 24.3 Å². The van der Waals surface area contributed by atoms with E-state index in [0.29, 0.717) is 49.0 Å². The van der Waals surface area contributed by atoms with E-state index in [-0.39, 0.29) is 36.4 Å². The predicted molar refractivity (Wildman–Crippen MR) is 234 cm³/mol. The number of likely N-dealkylation sites (tertiary alicyclic amines) is 1. The summed E-state index contributed by atoms with van der Waals surface area (Å²) in [5.41, 5.74) is 5.25. The number of fused-ring (bicyclic) bond motifs is 1. The fourth-order valence-electron chi connectivity index (χ4n) is 9.48. The quantitative estimate of drug-likeness (QED) is 0.134. The second-order valence-electron chi connectivity index (χ2n) is 17.6. The van der Waals surface area contributed by atoms with Gasteiger partial charge in [-0.2, -0.15) is 4.68 Å². The van der Waals surface area contributed by atoms with Crippen LogP contribution in [0.4, 0.5) is 15.8 Å². The van der Waals surface area contributed by atoms with Crippen molar-refractivity contribution >= 4 is 40.0 Å². The molecule has 0 radical (unpaired) electrons. The van der Waals surface area contributed by atoms with Crippen molar-refractivity contribution in [3.63, 3.8) is 0 Å². The fraction of sp³-hybridized carbons (Fsp3) is 0.522. The zero-order valence-corrected chi connectivity index (χ0v) is 35.7. The average Bonchev–Trinajstić information content (AvgIpc) is 3.67. The van der Waals surface area contributed by atoms with Crippen molar-refractivity contribution in [2.45, 2.75) is 70.0 Å². The lowest BCUT2D eigenvalue weighted by atomic mass is 9.93. The van der Waals surface area contributed by atoms with Gasteiger partial charge in [0.25, 0.3) is 11.5 Å². The van der Waals surface area contributed by atoms with Gasteiger partial charge in [0.05, 0.1) is 11.3 Å². The number of aryl methyl sites for hydroxylation is 1. The van der Waals surface area contributed by atoms with Crippen LogP contribution < -0.4 is 26.0 Å². The lowest BCUT2D eigenvalue weighted by Gasteiger charge is -2.40. The minimum Gasteiger partial charge on any atom is -0.370 e. The van der Waals surface area contributed by atoms with Crippen LogP contribution >= 0.6 is 0 Å². The van der Waals surface area contributed by atoms with Crippen LogP contribution in [0.1, 0.15) is 67.2 Å². The molecule has 8 rings (SSSR count). The predicted octanol–water partition coefficient (Wildman–Crippen LogP) is 3.68. The van der Waals surface area contributed by atoms with E-state index in [4.69, 9.17) is 0 Å². The minimum atomic E-state index is -0.875. The van der Waals surface area contributed by atoms with E-state index < -0.39 is 17.5 Å². The van der Waals surface area contributed by atoms with Gasteiger partial charge in [-0.1, -0.05) is 42.3 Å². The highest BCUT2D eigenvalue weighted by Gasteiger charge is 2.36. The molecule has 4 saturated heterocycles. The summed E-state index contributed by atoms with van der Waals surface area (Å²) < 4.78 is 15.7. The van der Waals surface area contributed by atoms with Gasteiger partial charge in [0.2, 0.25) is 11.8 Å². The molecule has 324 valence electrons. The van der Waals surface area contributed by atoms with Crippen LogP contribution in [0, 0.1) is 18.7 Å². The molecule has 14 nitrogen and oxygen atoms in total. The highest BCUT2D eigenvalue weighted by atomic mass is 19.1. The third-order valence-electron chi connectivity index (χ3n) is 13.3. The van der Waals surface area contributed by atoms with Crippen molar-refractivity contribution in [1.82, 2.24) is 40.3 Å². The van der Waals surface area contributed by atoms with E-state index in [1.807, 2.05) is 19.1 Å². The fourth-order valence-corrected chi connectivity index (χ4v) is 9.48. The molecule has 61 heavy (non-hydrogen) atoms. The highest BCUT2D eigenvalue weighted by Crippen LogP contribution is 2.33. The van der Waals surface area contributed by atoms with Crippen molar-refractivity contribution in [1.29, 1.82) is 0 Å². The summed E-state index contributed by atoms with van der Waals surface area (Å²) in [5, 5.41) is 13.8. The van der Waals surface area contributed by atoms with Gasteiger partial charge in [-0.05, 0) is 94.4 Å². The number of carbonyl (C=O) groups is 3. The normalized spacial score (nSPS) is 21.6.